The fraction of sp³-hybridized carbons (Fsp3) is 0.278. The summed E-state index contributed by atoms with van der Waals surface area (Å²) >= 11 is 0. The van der Waals surface area contributed by atoms with E-state index in [9.17, 15) is 14.4 Å². The molecule has 2 rings (SSSR count). The Morgan fingerprint density at radius 1 is 1.12 bits per heavy atom. The molecule has 0 aliphatic rings. The van der Waals surface area contributed by atoms with Gasteiger partial charge < -0.3 is 10.6 Å². The lowest BCUT2D eigenvalue weighted by atomic mass is 10.2. The zero-order valence-corrected chi connectivity index (χ0v) is 14.0. The first kappa shape index (κ1) is 17.5. The van der Waals surface area contributed by atoms with E-state index in [1.165, 1.54) is 17.6 Å². The standard InChI is InChI=1S/C18H21N3O3/c1-12(2)11-19-17(23)16-5-4-10-21(18(16)24)15-8-6-14(7-9-15)20-13(3)22/h4-10,12H,11H2,1-3H3,(H,19,23)(H,20,22). The van der Waals surface area contributed by atoms with Gasteiger partial charge in [0.05, 0.1) is 0 Å². The van der Waals surface area contributed by atoms with Crippen molar-refractivity contribution in [2.45, 2.75) is 20.8 Å². The molecule has 126 valence electrons. The topological polar surface area (TPSA) is 80.2 Å². The molecule has 0 bridgehead atoms. The third kappa shape index (κ3) is 4.32. The molecule has 0 atom stereocenters. The Labute approximate surface area is 140 Å². The fourth-order valence-electron chi connectivity index (χ4n) is 2.17. The second kappa shape index (κ2) is 7.59. The van der Waals surface area contributed by atoms with Crippen molar-refractivity contribution in [3.8, 4) is 5.69 Å². The van der Waals surface area contributed by atoms with E-state index in [1.807, 2.05) is 13.8 Å². The summed E-state index contributed by atoms with van der Waals surface area (Å²) in [5.74, 6) is -0.233. The van der Waals surface area contributed by atoms with E-state index in [2.05, 4.69) is 10.6 Å². The molecule has 2 amide bonds. The second-order valence-corrected chi connectivity index (χ2v) is 5.93. The lowest BCUT2D eigenvalue weighted by molar-refractivity contribution is -0.114. The highest BCUT2D eigenvalue weighted by atomic mass is 16.2. The molecule has 1 aromatic carbocycles. The van der Waals surface area contributed by atoms with Crippen molar-refractivity contribution in [3.05, 3.63) is 58.5 Å². The largest absolute Gasteiger partial charge is 0.352 e. The smallest absolute Gasteiger partial charge is 0.267 e. The molecule has 6 nitrogen and oxygen atoms in total. The summed E-state index contributed by atoms with van der Waals surface area (Å²) < 4.78 is 1.40. The van der Waals surface area contributed by atoms with Crippen molar-refractivity contribution in [2.75, 3.05) is 11.9 Å². The minimum absolute atomic E-state index is 0.101. The molecule has 0 saturated heterocycles. The molecule has 0 radical (unpaired) electrons. The maximum absolute atomic E-state index is 12.6. The molecule has 2 aromatic rings. The highest BCUT2D eigenvalue weighted by Gasteiger charge is 2.13. The fourth-order valence-corrected chi connectivity index (χ4v) is 2.17. The molecule has 1 aromatic heterocycles. The molecular weight excluding hydrogens is 306 g/mol. The van der Waals surface area contributed by atoms with Crippen LogP contribution in [0.5, 0.6) is 0 Å². The molecule has 2 N–H and O–H groups in total. The average molecular weight is 327 g/mol. The van der Waals surface area contributed by atoms with Gasteiger partial charge >= 0.3 is 0 Å². The number of rotatable bonds is 5. The van der Waals surface area contributed by atoms with Crippen LogP contribution in [0.4, 0.5) is 5.69 Å². The van der Waals surface area contributed by atoms with Gasteiger partial charge in [-0.2, -0.15) is 0 Å². The van der Waals surface area contributed by atoms with Gasteiger partial charge in [-0.25, -0.2) is 0 Å². The van der Waals surface area contributed by atoms with Gasteiger partial charge in [-0.3, -0.25) is 19.0 Å². The Kier molecular flexibility index (Phi) is 5.52. The molecule has 6 heteroatoms. The van der Waals surface area contributed by atoms with Crippen LogP contribution >= 0.6 is 0 Å². The Hall–Kier alpha value is -2.89. The van der Waals surface area contributed by atoms with Crippen molar-refractivity contribution >= 4 is 17.5 Å². The summed E-state index contributed by atoms with van der Waals surface area (Å²) in [6.45, 7) is 5.91. The summed E-state index contributed by atoms with van der Waals surface area (Å²) in [5.41, 5.74) is 0.980. The molecule has 0 unspecified atom stereocenters. The number of nitrogens with one attached hydrogen (secondary N) is 2. The van der Waals surface area contributed by atoms with Crippen molar-refractivity contribution < 1.29 is 9.59 Å². The number of carbonyl (C=O) groups is 2. The number of amides is 2. The minimum atomic E-state index is -0.383. The van der Waals surface area contributed by atoms with Gasteiger partial charge in [-0.15, -0.1) is 0 Å². The molecule has 24 heavy (non-hydrogen) atoms. The van der Waals surface area contributed by atoms with E-state index in [0.717, 1.165) is 0 Å². The van der Waals surface area contributed by atoms with Gasteiger partial charge in [-0.1, -0.05) is 13.8 Å². The number of nitrogens with zero attached hydrogens (tertiary/aromatic N) is 1. The van der Waals surface area contributed by atoms with Gasteiger partial charge in [0.2, 0.25) is 5.91 Å². The van der Waals surface area contributed by atoms with Crippen molar-refractivity contribution in [1.29, 1.82) is 0 Å². The van der Waals surface area contributed by atoms with E-state index >= 15 is 0 Å². The maximum atomic E-state index is 12.6. The van der Waals surface area contributed by atoms with E-state index in [4.69, 9.17) is 0 Å². The third-order valence-electron chi connectivity index (χ3n) is 3.33. The van der Waals surface area contributed by atoms with Gasteiger partial charge in [0, 0.05) is 31.0 Å². The molecule has 0 saturated carbocycles. The lowest BCUT2D eigenvalue weighted by Gasteiger charge is -2.10. The van der Waals surface area contributed by atoms with Crippen LogP contribution in [0.1, 0.15) is 31.1 Å². The monoisotopic (exact) mass is 327 g/mol. The van der Waals surface area contributed by atoms with Crippen LogP contribution in [0.15, 0.2) is 47.4 Å². The lowest BCUT2D eigenvalue weighted by Crippen LogP contribution is -2.34. The number of pyridine rings is 1. The van der Waals surface area contributed by atoms with E-state index in [-0.39, 0.29) is 22.9 Å². The van der Waals surface area contributed by atoms with Crippen LogP contribution < -0.4 is 16.2 Å². The van der Waals surface area contributed by atoms with Crippen LogP contribution in [0.2, 0.25) is 0 Å². The highest BCUT2D eigenvalue weighted by Crippen LogP contribution is 2.12. The van der Waals surface area contributed by atoms with Gasteiger partial charge in [-0.05, 0) is 42.3 Å². The normalized spacial score (nSPS) is 10.5. The zero-order chi connectivity index (χ0) is 17.7. The van der Waals surface area contributed by atoms with Crippen LogP contribution in [0.25, 0.3) is 5.69 Å². The second-order valence-electron chi connectivity index (χ2n) is 5.93. The number of anilines is 1. The van der Waals surface area contributed by atoms with Crippen LogP contribution in [-0.2, 0) is 4.79 Å². The molecule has 1 heterocycles. The Balaban J connectivity index is 2.28. The van der Waals surface area contributed by atoms with E-state index in [0.29, 0.717) is 23.8 Å². The van der Waals surface area contributed by atoms with E-state index < -0.39 is 0 Å². The Bertz CT molecular complexity index is 792. The van der Waals surface area contributed by atoms with Crippen molar-refractivity contribution in [3.63, 3.8) is 0 Å². The molecule has 0 spiro atoms. The zero-order valence-electron chi connectivity index (χ0n) is 14.0. The number of hydrogen-bond acceptors (Lipinski definition) is 3. The third-order valence-corrected chi connectivity index (χ3v) is 3.33. The number of carbonyl (C=O) groups excluding carboxylic acids is 2. The Morgan fingerprint density at radius 3 is 2.38 bits per heavy atom. The summed E-state index contributed by atoms with van der Waals surface area (Å²) in [6, 6.07) is 10.0. The van der Waals surface area contributed by atoms with Crippen LogP contribution in [0.3, 0.4) is 0 Å². The first-order valence-electron chi connectivity index (χ1n) is 7.76. The first-order chi connectivity index (χ1) is 11.4. The van der Waals surface area contributed by atoms with Gasteiger partial charge in [0.1, 0.15) is 5.56 Å². The molecular formula is C18H21N3O3. The minimum Gasteiger partial charge on any atom is -0.352 e. The SMILES string of the molecule is CC(=O)Nc1ccc(-n2cccc(C(=O)NCC(C)C)c2=O)cc1. The Morgan fingerprint density at radius 2 is 1.79 bits per heavy atom. The predicted octanol–water partition coefficient (Wildman–Crippen LogP) is 2.18. The van der Waals surface area contributed by atoms with Crippen molar-refractivity contribution in [2.24, 2.45) is 5.92 Å². The molecule has 0 aliphatic heterocycles. The van der Waals surface area contributed by atoms with Gasteiger partial charge in [0.15, 0.2) is 0 Å². The summed E-state index contributed by atoms with van der Waals surface area (Å²) in [6.07, 6.45) is 1.61. The highest BCUT2D eigenvalue weighted by molar-refractivity contribution is 5.93. The summed E-state index contributed by atoms with van der Waals surface area (Å²) in [4.78, 5) is 35.7. The number of aromatic nitrogens is 1. The number of hydrogen-bond donors (Lipinski definition) is 2. The van der Waals surface area contributed by atoms with Crippen molar-refractivity contribution in [1.82, 2.24) is 9.88 Å². The number of benzene rings is 1. The maximum Gasteiger partial charge on any atom is 0.267 e. The first-order valence-corrected chi connectivity index (χ1v) is 7.76. The average Bonchev–Trinajstić information content (AvgIpc) is 2.53. The van der Waals surface area contributed by atoms with Crippen LogP contribution in [0, 0.1) is 5.92 Å². The predicted molar refractivity (Wildman–Crippen MR) is 93.5 cm³/mol. The quantitative estimate of drug-likeness (QED) is 0.883. The summed E-state index contributed by atoms with van der Waals surface area (Å²) in [7, 11) is 0. The summed E-state index contributed by atoms with van der Waals surface area (Å²) in [5, 5.41) is 5.41. The molecule has 0 aliphatic carbocycles. The van der Waals surface area contributed by atoms with E-state index in [1.54, 1.807) is 36.5 Å². The van der Waals surface area contributed by atoms with Gasteiger partial charge in [0.25, 0.3) is 11.5 Å². The van der Waals surface area contributed by atoms with Crippen LogP contribution in [-0.4, -0.2) is 22.9 Å². The molecule has 0 fully saturated rings.